The Kier molecular flexibility index (Phi) is 5.62. The van der Waals surface area contributed by atoms with E-state index >= 15 is 0 Å². The van der Waals surface area contributed by atoms with Crippen LogP contribution in [-0.4, -0.2) is 54.6 Å². The molecule has 0 atom stereocenters. The van der Waals surface area contributed by atoms with Crippen molar-refractivity contribution in [2.45, 2.75) is 33.9 Å². The number of fused-ring (bicyclic) bond motifs is 1. The summed E-state index contributed by atoms with van der Waals surface area (Å²) in [6, 6.07) is 0. The van der Waals surface area contributed by atoms with Crippen LogP contribution in [0.3, 0.4) is 0 Å². The maximum atomic E-state index is 12.5. The first-order valence-corrected chi connectivity index (χ1v) is 8.93. The molecule has 3 aromatic heterocycles. The van der Waals surface area contributed by atoms with E-state index in [2.05, 4.69) is 39.1 Å². The van der Waals surface area contributed by atoms with Crippen molar-refractivity contribution < 1.29 is 4.79 Å². The number of aromatic nitrogens is 5. The van der Waals surface area contributed by atoms with Gasteiger partial charge in [0.2, 0.25) is 0 Å². The Morgan fingerprint density at radius 2 is 2.04 bits per heavy atom. The SMILES string of the molecule is CCN(CC)Cc1cnc2c(C(=O)NCCn3ccnc3C)cnn2c1. The molecule has 0 aromatic carbocycles. The molecule has 0 fully saturated rings. The summed E-state index contributed by atoms with van der Waals surface area (Å²) in [6.07, 6.45) is 8.98. The van der Waals surface area contributed by atoms with Gasteiger partial charge in [-0.25, -0.2) is 14.5 Å². The van der Waals surface area contributed by atoms with Gasteiger partial charge in [0.1, 0.15) is 11.4 Å². The van der Waals surface area contributed by atoms with Gasteiger partial charge in [-0.3, -0.25) is 9.69 Å². The summed E-state index contributed by atoms with van der Waals surface area (Å²) in [5.41, 5.74) is 2.14. The van der Waals surface area contributed by atoms with Crippen molar-refractivity contribution in [3.8, 4) is 0 Å². The predicted octanol–water partition coefficient (Wildman–Crippen LogP) is 1.51. The van der Waals surface area contributed by atoms with Crippen LogP contribution in [0.2, 0.25) is 0 Å². The molecule has 0 bridgehead atoms. The van der Waals surface area contributed by atoms with E-state index in [0.717, 1.165) is 31.0 Å². The molecule has 8 heteroatoms. The van der Waals surface area contributed by atoms with Gasteiger partial charge in [0.25, 0.3) is 5.91 Å². The molecule has 0 saturated carbocycles. The minimum atomic E-state index is -0.165. The highest BCUT2D eigenvalue weighted by Gasteiger charge is 2.14. The first kappa shape index (κ1) is 18.1. The molecule has 0 saturated heterocycles. The number of hydrogen-bond donors (Lipinski definition) is 1. The maximum absolute atomic E-state index is 12.5. The molecule has 26 heavy (non-hydrogen) atoms. The van der Waals surface area contributed by atoms with E-state index in [0.29, 0.717) is 24.3 Å². The van der Waals surface area contributed by atoms with E-state index in [1.54, 1.807) is 16.9 Å². The quantitative estimate of drug-likeness (QED) is 0.662. The minimum absolute atomic E-state index is 0.165. The molecule has 3 heterocycles. The van der Waals surface area contributed by atoms with E-state index in [1.165, 1.54) is 0 Å². The Balaban J connectivity index is 1.66. The highest BCUT2D eigenvalue weighted by Crippen LogP contribution is 2.10. The number of carbonyl (C=O) groups excluding carboxylic acids is 1. The van der Waals surface area contributed by atoms with Gasteiger partial charge in [0.05, 0.1) is 6.20 Å². The van der Waals surface area contributed by atoms with Crippen LogP contribution in [0.4, 0.5) is 0 Å². The monoisotopic (exact) mass is 355 g/mol. The molecule has 0 aliphatic heterocycles. The molecule has 0 radical (unpaired) electrons. The van der Waals surface area contributed by atoms with E-state index in [-0.39, 0.29) is 5.91 Å². The fraction of sp³-hybridized carbons (Fsp3) is 0.444. The molecular weight excluding hydrogens is 330 g/mol. The summed E-state index contributed by atoms with van der Waals surface area (Å²) in [5.74, 6) is 0.763. The van der Waals surface area contributed by atoms with E-state index < -0.39 is 0 Å². The Hall–Kier alpha value is -2.74. The Morgan fingerprint density at radius 1 is 1.23 bits per heavy atom. The third-order valence-corrected chi connectivity index (χ3v) is 4.52. The molecule has 0 aliphatic rings. The normalized spacial score (nSPS) is 11.4. The molecule has 3 aromatic rings. The van der Waals surface area contributed by atoms with Crippen molar-refractivity contribution in [3.63, 3.8) is 0 Å². The molecule has 1 N–H and O–H groups in total. The first-order chi connectivity index (χ1) is 12.6. The number of nitrogens with one attached hydrogen (secondary N) is 1. The van der Waals surface area contributed by atoms with Gasteiger partial charge in [-0.05, 0) is 20.0 Å². The van der Waals surface area contributed by atoms with Crippen molar-refractivity contribution in [1.82, 2.24) is 34.4 Å². The fourth-order valence-corrected chi connectivity index (χ4v) is 2.89. The summed E-state index contributed by atoms with van der Waals surface area (Å²) in [5, 5.41) is 7.21. The number of aryl methyl sites for hydroxylation is 1. The smallest absolute Gasteiger partial charge is 0.256 e. The topological polar surface area (TPSA) is 80.3 Å². The minimum Gasteiger partial charge on any atom is -0.350 e. The standard InChI is InChI=1S/C18H25N7O/c1-4-23(5-2)12-15-10-21-17-16(11-22-25(17)13-15)18(26)20-7-9-24-8-6-19-14(24)3/h6,8,10-11,13H,4-5,7,9,12H2,1-3H3,(H,20,26). The van der Waals surface area contributed by atoms with Gasteiger partial charge < -0.3 is 9.88 Å². The van der Waals surface area contributed by atoms with Crippen LogP contribution in [0.1, 0.15) is 35.6 Å². The highest BCUT2D eigenvalue weighted by molar-refractivity contribution is 5.99. The van der Waals surface area contributed by atoms with Crippen LogP contribution >= 0.6 is 0 Å². The zero-order chi connectivity index (χ0) is 18.5. The van der Waals surface area contributed by atoms with Gasteiger partial charge in [-0.2, -0.15) is 5.10 Å². The van der Waals surface area contributed by atoms with Gasteiger partial charge in [-0.15, -0.1) is 0 Å². The Labute approximate surface area is 152 Å². The predicted molar refractivity (Wildman–Crippen MR) is 98.9 cm³/mol. The Morgan fingerprint density at radius 3 is 2.73 bits per heavy atom. The second-order valence-corrected chi connectivity index (χ2v) is 6.17. The number of nitrogens with zero attached hydrogens (tertiary/aromatic N) is 6. The molecule has 0 spiro atoms. The largest absolute Gasteiger partial charge is 0.350 e. The van der Waals surface area contributed by atoms with Crippen LogP contribution < -0.4 is 5.32 Å². The summed E-state index contributed by atoms with van der Waals surface area (Å²) in [7, 11) is 0. The number of hydrogen-bond acceptors (Lipinski definition) is 5. The van der Waals surface area contributed by atoms with E-state index in [1.807, 2.05) is 30.1 Å². The zero-order valence-corrected chi connectivity index (χ0v) is 15.5. The second-order valence-electron chi connectivity index (χ2n) is 6.17. The fourth-order valence-electron chi connectivity index (χ4n) is 2.89. The molecule has 1 amide bonds. The maximum Gasteiger partial charge on any atom is 0.256 e. The summed E-state index contributed by atoms with van der Waals surface area (Å²) in [4.78, 5) is 23.4. The molecule has 0 unspecified atom stereocenters. The summed E-state index contributed by atoms with van der Waals surface area (Å²) >= 11 is 0. The lowest BCUT2D eigenvalue weighted by Gasteiger charge is -2.17. The number of amides is 1. The van der Waals surface area contributed by atoms with Gasteiger partial charge >= 0.3 is 0 Å². The molecular formula is C18H25N7O. The average molecular weight is 355 g/mol. The molecule has 3 rings (SSSR count). The van der Waals surface area contributed by atoms with Gasteiger partial charge in [0, 0.05) is 50.0 Å². The van der Waals surface area contributed by atoms with Crippen LogP contribution in [0.5, 0.6) is 0 Å². The molecule has 138 valence electrons. The van der Waals surface area contributed by atoms with Crippen LogP contribution in [0.25, 0.3) is 5.65 Å². The van der Waals surface area contributed by atoms with Crippen LogP contribution in [0, 0.1) is 6.92 Å². The van der Waals surface area contributed by atoms with Crippen LogP contribution in [0.15, 0.2) is 31.0 Å². The molecule has 0 aliphatic carbocycles. The number of rotatable bonds is 8. The van der Waals surface area contributed by atoms with Crippen molar-refractivity contribution >= 4 is 11.6 Å². The van der Waals surface area contributed by atoms with E-state index in [4.69, 9.17) is 0 Å². The van der Waals surface area contributed by atoms with Crippen LogP contribution in [-0.2, 0) is 13.1 Å². The Bertz CT molecular complexity index is 879. The van der Waals surface area contributed by atoms with Gasteiger partial charge in [0.15, 0.2) is 5.65 Å². The lowest BCUT2D eigenvalue weighted by Crippen LogP contribution is -2.27. The number of carbonyl (C=O) groups is 1. The average Bonchev–Trinajstić information content (AvgIpc) is 3.25. The van der Waals surface area contributed by atoms with Crippen molar-refractivity contribution in [3.05, 3.63) is 47.9 Å². The second kappa shape index (κ2) is 8.09. The van der Waals surface area contributed by atoms with Crippen molar-refractivity contribution in [2.24, 2.45) is 0 Å². The third kappa shape index (κ3) is 3.91. The highest BCUT2D eigenvalue weighted by atomic mass is 16.1. The van der Waals surface area contributed by atoms with Gasteiger partial charge in [-0.1, -0.05) is 13.8 Å². The first-order valence-electron chi connectivity index (χ1n) is 8.93. The summed E-state index contributed by atoms with van der Waals surface area (Å²) in [6.45, 7) is 10.2. The van der Waals surface area contributed by atoms with Crippen molar-refractivity contribution in [2.75, 3.05) is 19.6 Å². The number of imidazole rings is 1. The zero-order valence-electron chi connectivity index (χ0n) is 15.5. The van der Waals surface area contributed by atoms with E-state index in [9.17, 15) is 4.79 Å². The molecule has 8 nitrogen and oxygen atoms in total. The van der Waals surface area contributed by atoms with Crippen molar-refractivity contribution in [1.29, 1.82) is 0 Å². The third-order valence-electron chi connectivity index (χ3n) is 4.52. The summed E-state index contributed by atoms with van der Waals surface area (Å²) < 4.78 is 3.67. The lowest BCUT2D eigenvalue weighted by atomic mass is 10.3. The lowest BCUT2D eigenvalue weighted by molar-refractivity contribution is 0.0953.